The summed E-state index contributed by atoms with van der Waals surface area (Å²) in [5.74, 6) is 1.51. The molecule has 24 heavy (non-hydrogen) atoms. The molecule has 1 amide bonds. The van der Waals surface area contributed by atoms with Gasteiger partial charge in [-0.05, 0) is 56.2 Å². The highest BCUT2D eigenvalue weighted by atomic mass is 16.5. The van der Waals surface area contributed by atoms with Gasteiger partial charge in [0, 0.05) is 5.56 Å². The zero-order chi connectivity index (χ0) is 17.4. The predicted molar refractivity (Wildman–Crippen MR) is 95.8 cm³/mol. The van der Waals surface area contributed by atoms with Crippen LogP contribution in [0.1, 0.15) is 36.2 Å². The van der Waals surface area contributed by atoms with Gasteiger partial charge in [0.15, 0.2) is 0 Å². The Morgan fingerprint density at radius 2 is 1.79 bits per heavy atom. The number of nitrogens with one attached hydrogen (secondary N) is 1. The third kappa shape index (κ3) is 5.30. The van der Waals surface area contributed by atoms with Crippen molar-refractivity contribution in [1.82, 2.24) is 5.32 Å². The predicted octanol–water partition coefficient (Wildman–Crippen LogP) is 3.98. The van der Waals surface area contributed by atoms with Gasteiger partial charge in [-0.2, -0.15) is 0 Å². The third-order valence-corrected chi connectivity index (χ3v) is 3.55. The summed E-state index contributed by atoms with van der Waals surface area (Å²) in [4.78, 5) is 12.3. The summed E-state index contributed by atoms with van der Waals surface area (Å²) in [5.41, 5.74) is 1.69. The van der Waals surface area contributed by atoms with E-state index in [-0.39, 0.29) is 11.9 Å². The second-order valence-electron chi connectivity index (χ2n) is 5.82. The minimum Gasteiger partial charge on any atom is -0.494 e. The molecule has 0 aliphatic heterocycles. The van der Waals surface area contributed by atoms with E-state index in [0.29, 0.717) is 18.8 Å². The summed E-state index contributed by atoms with van der Waals surface area (Å²) < 4.78 is 11.3. The first-order valence-electron chi connectivity index (χ1n) is 8.32. The van der Waals surface area contributed by atoms with Gasteiger partial charge in [-0.1, -0.05) is 25.1 Å². The Labute approximate surface area is 143 Å². The highest BCUT2D eigenvalue weighted by Crippen LogP contribution is 2.16. The van der Waals surface area contributed by atoms with Crippen LogP contribution in [0.25, 0.3) is 0 Å². The van der Waals surface area contributed by atoms with Crippen molar-refractivity contribution in [2.24, 2.45) is 0 Å². The maximum absolute atomic E-state index is 12.3. The average Bonchev–Trinajstić information content (AvgIpc) is 2.59. The fourth-order valence-electron chi connectivity index (χ4n) is 2.20. The summed E-state index contributed by atoms with van der Waals surface area (Å²) in [6, 6.07) is 14.9. The van der Waals surface area contributed by atoms with Crippen molar-refractivity contribution in [2.45, 2.75) is 33.2 Å². The SMILES string of the molecule is CCCOc1ccc(C(=O)NC(C)COc2ccccc2C)cc1. The van der Waals surface area contributed by atoms with Crippen molar-refractivity contribution in [3.05, 3.63) is 59.7 Å². The van der Waals surface area contributed by atoms with Crippen LogP contribution >= 0.6 is 0 Å². The highest BCUT2D eigenvalue weighted by molar-refractivity contribution is 5.94. The molecule has 0 aliphatic rings. The fraction of sp³-hybridized carbons (Fsp3) is 0.350. The molecule has 0 fully saturated rings. The summed E-state index contributed by atoms with van der Waals surface area (Å²) in [6.45, 7) is 7.09. The lowest BCUT2D eigenvalue weighted by Gasteiger charge is -2.16. The maximum Gasteiger partial charge on any atom is 0.251 e. The minimum atomic E-state index is -0.113. The summed E-state index contributed by atoms with van der Waals surface area (Å²) in [5, 5.41) is 2.94. The van der Waals surface area contributed by atoms with Gasteiger partial charge in [-0.3, -0.25) is 4.79 Å². The molecule has 0 radical (unpaired) electrons. The number of ether oxygens (including phenoxy) is 2. The van der Waals surface area contributed by atoms with Crippen LogP contribution < -0.4 is 14.8 Å². The molecule has 2 aromatic rings. The second kappa shape index (κ2) is 8.96. The van der Waals surface area contributed by atoms with E-state index >= 15 is 0 Å². The Kier molecular flexibility index (Phi) is 6.67. The van der Waals surface area contributed by atoms with Gasteiger partial charge in [0.05, 0.1) is 12.6 Å². The monoisotopic (exact) mass is 327 g/mol. The largest absolute Gasteiger partial charge is 0.494 e. The van der Waals surface area contributed by atoms with Gasteiger partial charge < -0.3 is 14.8 Å². The van der Waals surface area contributed by atoms with E-state index in [0.717, 1.165) is 23.5 Å². The van der Waals surface area contributed by atoms with Crippen LogP contribution in [-0.2, 0) is 0 Å². The number of carbonyl (C=O) groups excluding carboxylic acids is 1. The molecule has 4 heteroatoms. The van der Waals surface area contributed by atoms with E-state index in [4.69, 9.17) is 9.47 Å². The van der Waals surface area contributed by atoms with Crippen molar-refractivity contribution >= 4 is 5.91 Å². The number of benzene rings is 2. The summed E-state index contributed by atoms with van der Waals surface area (Å²) in [6.07, 6.45) is 0.959. The molecule has 0 aliphatic carbocycles. The lowest BCUT2D eigenvalue weighted by Crippen LogP contribution is -2.36. The Bertz CT molecular complexity index is 652. The van der Waals surface area contributed by atoms with Crippen LogP contribution in [0, 0.1) is 6.92 Å². The molecule has 0 heterocycles. The highest BCUT2D eigenvalue weighted by Gasteiger charge is 2.11. The van der Waals surface area contributed by atoms with Gasteiger partial charge in [-0.15, -0.1) is 0 Å². The first-order valence-corrected chi connectivity index (χ1v) is 8.32. The van der Waals surface area contributed by atoms with Crippen molar-refractivity contribution in [2.75, 3.05) is 13.2 Å². The molecule has 2 aromatic carbocycles. The first-order chi connectivity index (χ1) is 11.6. The van der Waals surface area contributed by atoms with Crippen LogP contribution in [0.5, 0.6) is 11.5 Å². The normalized spacial score (nSPS) is 11.6. The van der Waals surface area contributed by atoms with E-state index < -0.39 is 0 Å². The standard InChI is InChI=1S/C20H25NO3/c1-4-13-23-18-11-9-17(10-12-18)20(22)21-16(3)14-24-19-8-6-5-7-15(19)2/h5-12,16H,4,13-14H2,1-3H3,(H,21,22). The fourth-order valence-corrected chi connectivity index (χ4v) is 2.20. The number of hydrogen-bond acceptors (Lipinski definition) is 3. The Morgan fingerprint density at radius 3 is 2.46 bits per heavy atom. The third-order valence-electron chi connectivity index (χ3n) is 3.55. The van der Waals surface area contributed by atoms with Gasteiger partial charge in [-0.25, -0.2) is 0 Å². The molecule has 2 rings (SSSR count). The van der Waals surface area contributed by atoms with Gasteiger partial charge in [0.2, 0.25) is 0 Å². The van der Waals surface area contributed by atoms with E-state index in [1.807, 2.05) is 50.2 Å². The molecule has 0 spiro atoms. The number of hydrogen-bond donors (Lipinski definition) is 1. The molecule has 0 bridgehead atoms. The molecular formula is C20H25NO3. The van der Waals surface area contributed by atoms with E-state index in [1.54, 1.807) is 12.1 Å². The summed E-state index contributed by atoms with van der Waals surface area (Å²) >= 11 is 0. The zero-order valence-corrected chi connectivity index (χ0v) is 14.5. The smallest absolute Gasteiger partial charge is 0.251 e. The van der Waals surface area contributed by atoms with Crippen molar-refractivity contribution in [3.8, 4) is 11.5 Å². The topological polar surface area (TPSA) is 47.6 Å². The quantitative estimate of drug-likeness (QED) is 0.798. The molecule has 1 N–H and O–H groups in total. The van der Waals surface area contributed by atoms with Crippen LogP contribution in [0.3, 0.4) is 0 Å². The lowest BCUT2D eigenvalue weighted by molar-refractivity contribution is 0.0926. The first kappa shape index (κ1) is 17.9. The van der Waals surface area contributed by atoms with Crippen LogP contribution in [0.4, 0.5) is 0 Å². The minimum absolute atomic E-state index is 0.0897. The average molecular weight is 327 g/mol. The number of rotatable bonds is 8. The number of amides is 1. The van der Waals surface area contributed by atoms with Gasteiger partial charge in [0.1, 0.15) is 18.1 Å². The van der Waals surface area contributed by atoms with E-state index in [2.05, 4.69) is 12.2 Å². The van der Waals surface area contributed by atoms with Crippen molar-refractivity contribution in [1.29, 1.82) is 0 Å². The number of carbonyl (C=O) groups is 1. The molecule has 0 aromatic heterocycles. The second-order valence-corrected chi connectivity index (χ2v) is 5.82. The van der Waals surface area contributed by atoms with Crippen LogP contribution in [0.15, 0.2) is 48.5 Å². The van der Waals surface area contributed by atoms with Crippen molar-refractivity contribution < 1.29 is 14.3 Å². The molecule has 0 saturated carbocycles. The van der Waals surface area contributed by atoms with Gasteiger partial charge in [0.25, 0.3) is 5.91 Å². The van der Waals surface area contributed by atoms with Gasteiger partial charge >= 0.3 is 0 Å². The summed E-state index contributed by atoms with van der Waals surface area (Å²) in [7, 11) is 0. The molecule has 1 atom stereocenters. The van der Waals surface area contributed by atoms with Crippen molar-refractivity contribution in [3.63, 3.8) is 0 Å². The van der Waals surface area contributed by atoms with E-state index in [9.17, 15) is 4.79 Å². The molecule has 1 unspecified atom stereocenters. The number of para-hydroxylation sites is 1. The molecular weight excluding hydrogens is 302 g/mol. The number of aryl methyl sites for hydroxylation is 1. The van der Waals surface area contributed by atoms with Crippen LogP contribution in [-0.4, -0.2) is 25.2 Å². The molecule has 0 saturated heterocycles. The van der Waals surface area contributed by atoms with E-state index in [1.165, 1.54) is 0 Å². The Morgan fingerprint density at radius 1 is 1.08 bits per heavy atom. The Hall–Kier alpha value is -2.49. The lowest BCUT2D eigenvalue weighted by atomic mass is 10.2. The molecule has 4 nitrogen and oxygen atoms in total. The molecule has 128 valence electrons. The Balaban J connectivity index is 1.83. The maximum atomic E-state index is 12.3. The zero-order valence-electron chi connectivity index (χ0n) is 14.5. The van der Waals surface area contributed by atoms with Crippen LogP contribution in [0.2, 0.25) is 0 Å².